The van der Waals surface area contributed by atoms with Gasteiger partial charge in [-0.3, -0.25) is 4.79 Å². The van der Waals surface area contributed by atoms with Gasteiger partial charge in [0, 0.05) is 18.5 Å². The molecule has 0 bridgehead atoms. The van der Waals surface area contributed by atoms with E-state index in [4.69, 9.17) is 4.74 Å². The molecule has 0 N–H and O–H groups in total. The number of ether oxygens (including phenoxy) is 1. The van der Waals surface area contributed by atoms with Crippen molar-refractivity contribution >= 4 is 12.0 Å². The lowest BCUT2D eigenvalue weighted by Crippen LogP contribution is -2.44. The molecular weight excluding hydrogens is 274 g/mol. The lowest BCUT2D eigenvalue weighted by atomic mass is 9.98. The monoisotopic (exact) mass is 299 g/mol. The molecule has 1 unspecified atom stereocenters. The molecule has 1 atom stereocenters. The van der Waals surface area contributed by atoms with E-state index in [2.05, 4.69) is 29.2 Å². The Morgan fingerprint density at radius 2 is 2.00 bits per heavy atom. The Morgan fingerprint density at radius 3 is 2.68 bits per heavy atom. The maximum atomic E-state index is 12.4. The van der Waals surface area contributed by atoms with Crippen LogP contribution in [0.25, 0.3) is 6.08 Å². The molecule has 3 rings (SSSR count). The van der Waals surface area contributed by atoms with Crippen molar-refractivity contribution in [3.8, 4) is 5.75 Å². The van der Waals surface area contributed by atoms with Crippen LogP contribution in [0.2, 0.25) is 0 Å². The minimum Gasteiger partial charge on any atom is -0.497 e. The maximum Gasteiger partial charge on any atom is 0.225 e. The highest BCUT2D eigenvalue weighted by Crippen LogP contribution is 2.34. The zero-order chi connectivity index (χ0) is 15.4. The number of piperidine rings is 1. The summed E-state index contributed by atoms with van der Waals surface area (Å²) in [6.07, 6.45) is 11.1. The highest BCUT2D eigenvalue weighted by Gasteiger charge is 2.36. The molecule has 1 saturated carbocycles. The van der Waals surface area contributed by atoms with Gasteiger partial charge in [-0.25, -0.2) is 0 Å². The van der Waals surface area contributed by atoms with Crippen LogP contribution in [0.1, 0.15) is 44.1 Å². The third-order valence-electron chi connectivity index (χ3n) is 4.67. The Kier molecular flexibility index (Phi) is 4.81. The molecule has 1 aromatic carbocycles. The van der Waals surface area contributed by atoms with Crippen molar-refractivity contribution in [2.75, 3.05) is 13.7 Å². The molecule has 22 heavy (non-hydrogen) atoms. The van der Waals surface area contributed by atoms with Crippen LogP contribution in [-0.2, 0) is 4.79 Å². The molecular formula is C19H25NO2. The molecule has 1 aliphatic carbocycles. The molecule has 3 nitrogen and oxygen atoms in total. The van der Waals surface area contributed by atoms with Crippen LogP contribution in [0.3, 0.4) is 0 Å². The molecule has 0 spiro atoms. The van der Waals surface area contributed by atoms with E-state index >= 15 is 0 Å². The van der Waals surface area contributed by atoms with Crippen molar-refractivity contribution in [1.82, 2.24) is 4.90 Å². The maximum absolute atomic E-state index is 12.4. The van der Waals surface area contributed by atoms with Crippen molar-refractivity contribution in [2.45, 2.75) is 44.6 Å². The van der Waals surface area contributed by atoms with E-state index in [1.165, 1.54) is 12.0 Å². The average Bonchev–Trinajstić information content (AvgIpc) is 3.40. The van der Waals surface area contributed by atoms with Crippen LogP contribution >= 0.6 is 0 Å². The first-order valence-electron chi connectivity index (χ1n) is 8.39. The van der Waals surface area contributed by atoms with Gasteiger partial charge in [0.1, 0.15) is 5.75 Å². The number of amides is 1. The molecule has 0 radical (unpaired) electrons. The van der Waals surface area contributed by atoms with E-state index in [0.29, 0.717) is 17.9 Å². The third kappa shape index (κ3) is 3.70. The summed E-state index contributed by atoms with van der Waals surface area (Å²) >= 11 is 0. The van der Waals surface area contributed by atoms with Gasteiger partial charge >= 0.3 is 0 Å². The fraction of sp³-hybridized carbons (Fsp3) is 0.526. The zero-order valence-electron chi connectivity index (χ0n) is 13.3. The summed E-state index contributed by atoms with van der Waals surface area (Å²) in [5.74, 6) is 1.62. The van der Waals surface area contributed by atoms with Gasteiger partial charge in [0.05, 0.1) is 7.11 Å². The number of hydrogen-bond acceptors (Lipinski definition) is 2. The van der Waals surface area contributed by atoms with E-state index < -0.39 is 0 Å². The van der Waals surface area contributed by atoms with E-state index in [-0.39, 0.29) is 0 Å². The van der Waals surface area contributed by atoms with Gasteiger partial charge in [0.15, 0.2) is 0 Å². The molecule has 1 heterocycles. The van der Waals surface area contributed by atoms with Crippen molar-refractivity contribution in [3.05, 3.63) is 35.9 Å². The number of nitrogens with zero attached hydrogens (tertiary/aromatic N) is 1. The van der Waals surface area contributed by atoms with E-state index in [9.17, 15) is 4.79 Å². The van der Waals surface area contributed by atoms with Crippen LogP contribution in [0, 0.1) is 5.92 Å². The van der Waals surface area contributed by atoms with Crippen LogP contribution in [0.4, 0.5) is 0 Å². The number of carbonyl (C=O) groups excluding carboxylic acids is 1. The molecule has 1 aliphatic heterocycles. The van der Waals surface area contributed by atoms with Crippen molar-refractivity contribution < 1.29 is 9.53 Å². The second-order valence-corrected chi connectivity index (χ2v) is 6.37. The lowest BCUT2D eigenvalue weighted by Gasteiger charge is -2.35. The molecule has 1 aromatic rings. The minimum absolute atomic E-state index is 0.339. The largest absolute Gasteiger partial charge is 0.497 e. The molecule has 1 amide bonds. The molecule has 0 aromatic heterocycles. The van der Waals surface area contributed by atoms with Crippen molar-refractivity contribution in [2.24, 2.45) is 5.92 Å². The molecule has 1 saturated heterocycles. The Labute approximate surface area is 133 Å². The van der Waals surface area contributed by atoms with Gasteiger partial charge in [0.2, 0.25) is 5.91 Å². The third-order valence-corrected chi connectivity index (χ3v) is 4.67. The van der Waals surface area contributed by atoms with Gasteiger partial charge in [-0.05, 0) is 56.2 Å². The van der Waals surface area contributed by atoms with Crippen LogP contribution in [-0.4, -0.2) is 30.5 Å². The lowest BCUT2D eigenvalue weighted by molar-refractivity contribution is -0.136. The molecule has 3 heteroatoms. The Hall–Kier alpha value is -1.77. The van der Waals surface area contributed by atoms with E-state index in [0.717, 1.165) is 44.4 Å². The number of rotatable bonds is 5. The minimum atomic E-state index is 0.339. The first kappa shape index (κ1) is 15.1. The van der Waals surface area contributed by atoms with E-state index in [1.54, 1.807) is 7.11 Å². The zero-order valence-corrected chi connectivity index (χ0v) is 13.3. The second-order valence-electron chi connectivity index (χ2n) is 6.37. The van der Waals surface area contributed by atoms with Gasteiger partial charge < -0.3 is 9.64 Å². The average molecular weight is 299 g/mol. The Balaban J connectivity index is 1.57. The Morgan fingerprint density at radius 1 is 1.23 bits per heavy atom. The predicted octanol–water partition coefficient (Wildman–Crippen LogP) is 3.89. The topological polar surface area (TPSA) is 29.5 Å². The molecule has 2 aliphatic rings. The summed E-state index contributed by atoms with van der Waals surface area (Å²) in [6.45, 7) is 0.955. The van der Waals surface area contributed by atoms with Crippen LogP contribution < -0.4 is 4.74 Å². The van der Waals surface area contributed by atoms with Gasteiger partial charge in [-0.2, -0.15) is 0 Å². The summed E-state index contributed by atoms with van der Waals surface area (Å²) in [5, 5.41) is 0. The van der Waals surface area contributed by atoms with Gasteiger partial charge in [-0.1, -0.05) is 24.3 Å². The van der Waals surface area contributed by atoms with Crippen LogP contribution in [0.5, 0.6) is 5.75 Å². The predicted molar refractivity (Wildman–Crippen MR) is 88.7 cm³/mol. The summed E-state index contributed by atoms with van der Waals surface area (Å²) in [4.78, 5) is 14.5. The number of benzene rings is 1. The number of likely N-dealkylation sites (tertiary alicyclic amines) is 1. The number of carbonyl (C=O) groups is 1. The van der Waals surface area contributed by atoms with Crippen molar-refractivity contribution in [3.63, 3.8) is 0 Å². The van der Waals surface area contributed by atoms with Crippen LogP contribution in [0.15, 0.2) is 30.3 Å². The van der Waals surface area contributed by atoms with Gasteiger partial charge in [0.25, 0.3) is 0 Å². The second kappa shape index (κ2) is 6.99. The SMILES string of the molecule is COc1ccc(/C=C/CC2CCCCN2C(=O)C2CC2)cc1. The summed E-state index contributed by atoms with van der Waals surface area (Å²) < 4.78 is 5.17. The first-order valence-corrected chi connectivity index (χ1v) is 8.39. The normalized spacial score (nSPS) is 22.0. The number of methoxy groups -OCH3 is 1. The Bertz CT molecular complexity index is 531. The smallest absolute Gasteiger partial charge is 0.225 e. The number of hydrogen-bond donors (Lipinski definition) is 0. The quantitative estimate of drug-likeness (QED) is 0.825. The summed E-state index contributed by atoms with van der Waals surface area (Å²) in [6, 6.07) is 8.47. The molecule has 2 fully saturated rings. The highest BCUT2D eigenvalue weighted by molar-refractivity contribution is 5.81. The highest BCUT2D eigenvalue weighted by atomic mass is 16.5. The van der Waals surface area contributed by atoms with Crippen molar-refractivity contribution in [1.29, 1.82) is 0 Å². The fourth-order valence-electron chi connectivity index (χ4n) is 3.18. The van der Waals surface area contributed by atoms with Gasteiger partial charge in [-0.15, -0.1) is 0 Å². The van der Waals surface area contributed by atoms with E-state index in [1.807, 2.05) is 12.1 Å². The first-order chi connectivity index (χ1) is 10.8. The summed E-state index contributed by atoms with van der Waals surface area (Å²) in [5.41, 5.74) is 1.18. The standard InChI is InChI=1S/C19H25NO2/c1-22-18-12-8-15(9-13-18)5-4-7-17-6-2-3-14-20(17)19(21)16-10-11-16/h4-5,8-9,12-13,16-17H,2-3,6-7,10-11,14H2,1H3/b5-4+. The molecule has 118 valence electrons. The fourth-order valence-corrected chi connectivity index (χ4v) is 3.18. The summed E-state index contributed by atoms with van der Waals surface area (Å²) in [7, 11) is 1.68.